The first-order valence-corrected chi connectivity index (χ1v) is 8.17. The van der Waals surface area contributed by atoms with E-state index in [1.165, 1.54) is 0 Å². The number of rotatable bonds is 6. The minimum atomic E-state index is -0.117. The summed E-state index contributed by atoms with van der Waals surface area (Å²) in [5, 5.41) is 4.67. The van der Waals surface area contributed by atoms with Crippen molar-refractivity contribution in [2.45, 2.75) is 26.4 Å². The van der Waals surface area contributed by atoms with Crippen LogP contribution in [0.2, 0.25) is 0 Å². The molecular weight excluding hydrogens is 318 g/mol. The van der Waals surface area contributed by atoms with Crippen molar-refractivity contribution in [3.05, 3.63) is 37.1 Å². The van der Waals surface area contributed by atoms with Crippen molar-refractivity contribution >= 4 is 22.5 Å². The number of aryl methyl sites for hydroxylation is 1. The van der Waals surface area contributed by atoms with Crippen LogP contribution in [0.5, 0.6) is 0 Å². The Bertz CT molecular complexity index is 888. The molecule has 3 aromatic heterocycles. The van der Waals surface area contributed by atoms with Gasteiger partial charge in [-0.3, -0.25) is 9.78 Å². The topological polar surface area (TPSA) is 81.9 Å². The summed E-state index contributed by atoms with van der Waals surface area (Å²) in [4.78, 5) is 24.8. The number of aromatic nitrogens is 4. The lowest BCUT2D eigenvalue weighted by atomic mass is 10.1. The van der Waals surface area contributed by atoms with Crippen LogP contribution in [0.25, 0.3) is 22.2 Å². The second-order valence-electron chi connectivity index (χ2n) is 6.09. The molecule has 1 amide bonds. The first-order chi connectivity index (χ1) is 12.0. The van der Waals surface area contributed by atoms with E-state index in [4.69, 9.17) is 4.74 Å². The third kappa shape index (κ3) is 4.19. The van der Waals surface area contributed by atoms with Crippen molar-refractivity contribution in [3.8, 4) is 11.4 Å². The molecular formula is C18H21N5O2. The fourth-order valence-corrected chi connectivity index (χ4v) is 2.44. The average molecular weight is 339 g/mol. The number of fused-ring (bicyclic) bond motifs is 1. The highest BCUT2D eigenvalue weighted by Gasteiger charge is 2.08. The van der Waals surface area contributed by atoms with E-state index < -0.39 is 0 Å². The zero-order valence-corrected chi connectivity index (χ0v) is 14.6. The molecule has 3 aromatic rings. The van der Waals surface area contributed by atoms with E-state index in [0.29, 0.717) is 18.8 Å². The highest BCUT2D eigenvalue weighted by Crippen LogP contribution is 2.22. The molecule has 130 valence electrons. The monoisotopic (exact) mass is 339 g/mol. The van der Waals surface area contributed by atoms with E-state index >= 15 is 0 Å². The highest BCUT2D eigenvalue weighted by atomic mass is 16.5. The maximum Gasteiger partial charge on any atom is 0.227 e. The average Bonchev–Trinajstić information content (AvgIpc) is 3.00. The fourth-order valence-electron chi connectivity index (χ4n) is 2.44. The smallest absolute Gasteiger partial charge is 0.227 e. The molecule has 1 N–H and O–H groups in total. The van der Waals surface area contributed by atoms with Gasteiger partial charge in [-0.2, -0.15) is 0 Å². The SMILES string of the molecule is CC(C)OCCC(=O)Nc1cc2cc(-c3cncn3C)ncc2cn1. The molecule has 0 saturated heterocycles. The highest BCUT2D eigenvalue weighted by molar-refractivity contribution is 5.93. The number of carbonyl (C=O) groups excluding carboxylic acids is 1. The van der Waals surface area contributed by atoms with Crippen LogP contribution < -0.4 is 5.32 Å². The molecule has 0 aliphatic carbocycles. The third-order valence-corrected chi connectivity index (χ3v) is 3.73. The molecule has 7 heteroatoms. The molecule has 0 spiro atoms. The van der Waals surface area contributed by atoms with Crippen LogP contribution >= 0.6 is 0 Å². The quantitative estimate of drug-likeness (QED) is 0.747. The van der Waals surface area contributed by atoms with Crippen LogP contribution in [-0.4, -0.2) is 38.1 Å². The van der Waals surface area contributed by atoms with Gasteiger partial charge in [-0.15, -0.1) is 0 Å². The van der Waals surface area contributed by atoms with Gasteiger partial charge in [0.15, 0.2) is 0 Å². The maximum atomic E-state index is 12.0. The van der Waals surface area contributed by atoms with E-state index in [-0.39, 0.29) is 12.0 Å². The Morgan fingerprint density at radius 2 is 2.00 bits per heavy atom. The molecule has 3 rings (SSSR count). The number of imidazole rings is 1. The Morgan fingerprint density at radius 3 is 2.72 bits per heavy atom. The second-order valence-corrected chi connectivity index (χ2v) is 6.09. The molecule has 0 radical (unpaired) electrons. The van der Waals surface area contributed by atoms with Crippen LogP contribution in [0.4, 0.5) is 5.82 Å². The number of carbonyl (C=O) groups is 1. The number of ether oxygens (including phenoxy) is 1. The van der Waals surface area contributed by atoms with Crippen LogP contribution in [0, 0.1) is 0 Å². The van der Waals surface area contributed by atoms with Crippen LogP contribution in [0.15, 0.2) is 37.1 Å². The van der Waals surface area contributed by atoms with Gasteiger partial charge in [0.05, 0.1) is 43.0 Å². The predicted octanol–water partition coefficient (Wildman–Crippen LogP) is 2.78. The lowest BCUT2D eigenvalue weighted by Crippen LogP contribution is -2.16. The molecule has 3 heterocycles. The summed E-state index contributed by atoms with van der Waals surface area (Å²) < 4.78 is 7.30. The normalized spacial score (nSPS) is 11.2. The minimum absolute atomic E-state index is 0.115. The standard InChI is InChI=1S/C18H21N5O2/c1-12(2)25-5-4-18(24)22-17-7-13-6-15(16-10-19-11-23(16)3)20-8-14(13)9-21-17/h6-12H,4-5H2,1-3H3,(H,21,22,24). The number of pyridine rings is 2. The molecule has 0 aromatic carbocycles. The predicted molar refractivity (Wildman–Crippen MR) is 96.1 cm³/mol. The molecule has 0 bridgehead atoms. The second kappa shape index (κ2) is 7.40. The Kier molecular flexibility index (Phi) is 5.04. The van der Waals surface area contributed by atoms with Gasteiger partial charge in [-0.1, -0.05) is 0 Å². The summed E-state index contributed by atoms with van der Waals surface area (Å²) in [6.07, 6.45) is 7.40. The number of anilines is 1. The summed E-state index contributed by atoms with van der Waals surface area (Å²) in [5.41, 5.74) is 1.75. The zero-order valence-electron chi connectivity index (χ0n) is 14.6. The Balaban J connectivity index is 1.77. The van der Waals surface area contributed by atoms with Crippen molar-refractivity contribution in [2.75, 3.05) is 11.9 Å². The van der Waals surface area contributed by atoms with Gasteiger partial charge in [0, 0.05) is 24.8 Å². The largest absolute Gasteiger partial charge is 0.378 e. The summed E-state index contributed by atoms with van der Waals surface area (Å²) in [7, 11) is 1.92. The summed E-state index contributed by atoms with van der Waals surface area (Å²) in [5.74, 6) is 0.401. The van der Waals surface area contributed by atoms with E-state index in [9.17, 15) is 4.79 Å². The van der Waals surface area contributed by atoms with Crippen LogP contribution in [-0.2, 0) is 16.6 Å². The van der Waals surface area contributed by atoms with Crippen LogP contribution in [0.3, 0.4) is 0 Å². The molecule has 0 fully saturated rings. The van der Waals surface area contributed by atoms with Gasteiger partial charge >= 0.3 is 0 Å². The molecule has 0 aliphatic rings. The van der Waals surface area contributed by atoms with Crippen molar-refractivity contribution in [2.24, 2.45) is 7.05 Å². The minimum Gasteiger partial charge on any atom is -0.378 e. The number of amides is 1. The maximum absolute atomic E-state index is 12.0. The van der Waals surface area contributed by atoms with E-state index in [1.807, 2.05) is 37.6 Å². The number of hydrogen-bond acceptors (Lipinski definition) is 5. The summed E-state index contributed by atoms with van der Waals surface area (Å²) in [6, 6.07) is 3.81. The van der Waals surface area contributed by atoms with Crippen molar-refractivity contribution in [1.82, 2.24) is 19.5 Å². The fraction of sp³-hybridized carbons (Fsp3) is 0.333. The molecule has 0 aliphatic heterocycles. The summed E-state index contributed by atoms with van der Waals surface area (Å²) in [6.45, 7) is 4.28. The van der Waals surface area contributed by atoms with E-state index in [0.717, 1.165) is 22.2 Å². The molecule has 0 saturated carbocycles. The van der Waals surface area contributed by atoms with Crippen molar-refractivity contribution < 1.29 is 9.53 Å². The Hall–Kier alpha value is -2.80. The van der Waals surface area contributed by atoms with Gasteiger partial charge in [0.2, 0.25) is 5.91 Å². The first kappa shape index (κ1) is 17.0. The summed E-state index contributed by atoms with van der Waals surface area (Å²) >= 11 is 0. The Labute approximate surface area is 146 Å². The van der Waals surface area contributed by atoms with Crippen molar-refractivity contribution in [1.29, 1.82) is 0 Å². The lowest BCUT2D eigenvalue weighted by Gasteiger charge is -2.09. The molecule has 25 heavy (non-hydrogen) atoms. The third-order valence-electron chi connectivity index (χ3n) is 3.73. The van der Waals surface area contributed by atoms with Gasteiger partial charge in [-0.25, -0.2) is 9.97 Å². The van der Waals surface area contributed by atoms with E-state index in [1.54, 1.807) is 24.9 Å². The first-order valence-electron chi connectivity index (χ1n) is 8.17. The number of nitrogens with zero attached hydrogens (tertiary/aromatic N) is 4. The van der Waals surface area contributed by atoms with Crippen LogP contribution in [0.1, 0.15) is 20.3 Å². The lowest BCUT2D eigenvalue weighted by molar-refractivity contribution is -0.117. The van der Waals surface area contributed by atoms with Gasteiger partial charge < -0.3 is 14.6 Å². The van der Waals surface area contributed by atoms with E-state index in [2.05, 4.69) is 20.3 Å². The van der Waals surface area contributed by atoms with Gasteiger partial charge in [-0.05, 0) is 31.4 Å². The van der Waals surface area contributed by atoms with Crippen molar-refractivity contribution in [3.63, 3.8) is 0 Å². The number of hydrogen-bond donors (Lipinski definition) is 1. The van der Waals surface area contributed by atoms with Gasteiger partial charge in [0.25, 0.3) is 0 Å². The van der Waals surface area contributed by atoms with Gasteiger partial charge in [0.1, 0.15) is 5.82 Å². The Morgan fingerprint density at radius 1 is 1.20 bits per heavy atom. The zero-order chi connectivity index (χ0) is 17.8. The molecule has 0 atom stereocenters. The molecule has 7 nitrogen and oxygen atoms in total. The number of nitrogens with one attached hydrogen (secondary N) is 1. The molecule has 0 unspecified atom stereocenters.